The van der Waals surface area contributed by atoms with Crippen LogP contribution in [0.3, 0.4) is 0 Å². The Kier molecular flexibility index (Phi) is 5.32. The van der Waals surface area contributed by atoms with Gasteiger partial charge >= 0.3 is 6.03 Å². The van der Waals surface area contributed by atoms with Gasteiger partial charge < -0.3 is 10.6 Å². The van der Waals surface area contributed by atoms with E-state index in [9.17, 15) is 14.4 Å². The van der Waals surface area contributed by atoms with Crippen molar-refractivity contribution in [3.63, 3.8) is 0 Å². The molecule has 1 aliphatic rings. The molecule has 2 unspecified atom stereocenters. The molecule has 6 nitrogen and oxygen atoms in total. The van der Waals surface area contributed by atoms with Gasteiger partial charge in [-0.1, -0.05) is 64.5 Å². The van der Waals surface area contributed by atoms with E-state index < -0.39 is 23.4 Å². The lowest BCUT2D eigenvalue weighted by molar-refractivity contribution is -0.135. The van der Waals surface area contributed by atoms with Crippen LogP contribution in [0.5, 0.6) is 0 Å². The fourth-order valence-electron chi connectivity index (χ4n) is 3.15. The fourth-order valence-corrected chi connectivity index (χ4v) is 3.83. The van der Waals surface area contributed by atoms with Gasteiger partial charge in [-0.2, -0.15) is 0 Å². The number of nitrogens with one attached hydrogen (secondary N) is 2. The number of hydrogen-bond donors (Lipinski definition) is 2. The minimum atomic E-state index is -1.22. The maximum atomic E-state index is 12.9. The van der Waals surface area contributed by atoms with E-state index in [-0.39, 0.29) is 12.6 Å². The number of nitrogens with zero attached hydrogens (tertiary/aromatic N) is 1. The second-order valence-corrected chi connectivity index (χ2v) is 7.48. The van der Waals surface area contributed by atoms with Crippen molar-refractivity contribution in [1.29, 1.82) is 0 Å². The largest absolute Gasteiger partial charge is 0.348 e. The van der Waals surface area contributed by atoms with Crippen molar-refractivity contribution in [2.45, 2.75) is 25.4 Å². The molecular formula is C20H20BrN3O3. The number of carbonyl (C=O) groups excluding carboxylic acids is 3. The van der Waals surface area contributed by atoms with Crippen LogP contribution < -0.4 is 10.6 Å². The summed E-state index contributed by atoms with van der Waals surface area (Å²) < 4.78 is 0.713. The minimum Gasteiger partial charge on any atom is -0.348 e. The number of halogens is 1. The van der Waals surface area contributed by atoms with Crippen LogP contribution >= 0.6 is 15.9 Å². The predicted octanol–water partition coefficient (Wildman–Crippen LogP) is 3.09. The van der Waals surface area contributed by atoms with Crippen molar-refractivity contribution in [2.24, 2.45) is 0 Å². The number of benzene rings is 2. The van der Waals surface area contributed by atoms with Crippen LogP contribution in [-0.4, -0.2) is 29.3 Å². The van der Waals surface area contributed by atoms with E-state index in [1.807, 2.05) is 43.3 Å². The van der Waals surface area contributed by atoms with E-state index >= 15 is 0 Å². The Bertz CT molecular complexity index is 887. The summed E-state index contributed by atoms with van der Waals surface area (Å²) in [5, 5.41) is 5.53. The zero-order chi connectivity index (χ0) is 19.6. The van der Waals surface area contributed by atoms with E-state index in [4.69, 9.17) is 0 Å². The SMILES string of the molecule is CC(NC(=O)CN1C(=O)NC(C)(c2ccccc2Br)C1=O)c1ccccc1. The molecule has 2 aromatic rings. The topological polar surface area (TPSA) is 78.5 Å². The van der Waals surface area contributed by atoms with E-state index in [2.05, 4.69) is 26.6 Å². The molecule has 0 spiro atoms. The molecule has 1 heterocycles. The van der Waals surface area contributed by atoms with Crippen molar-refractivity contribution in [3.8, 4) is 0 Å². The number of rotatable bonds is 5. The summed E-state index contributed by atoms with van der Waals surface area (Å²) >= 11 is 3.42. The highest BCUT2D eigenvalue weighted by Crippen LogP contribution is 2.33. The van der Waals surface area contributed by atoms with Gasteiger partial charge in [0.05, 0.1) is 6.04 Å². The van der Waals surface area contributed by atoms with Crippen molar-refractivity contribution in [1.82, 2.24) is 15.5 Å². The summed E-state index contributed by atoms with van der Waals surface area (Å²) in [6.45, 7) is 3.16. The van der Waals surface area contributed by atoms with Gasteiger partial charge in [0.25, 0.3) is 5.91 Å². The molecule has 7 heteroatoms. The second-order valence-electron chi connectivity index (χ2n) is 6.63. The lowest BCUT2D eigenvalue weighted by Gasteiger charge is -2.23. The molecule has 3 rings (SSSR count). The first-order valence-corrected chi connectivity index (χ1v) is 9.35. The summed E-state index contributed by atoms with van der Waals surface area (Å²) in [7, 11) is 0. The smallest absolute Gasteiger partial charge is 0.325 e. The minimum absolute atomic E-state index is 0.228. The fraction of sp³-hybridized carbons (Fsp3) is 0.250. The first-order chi connectivity index (χ1) is 12.8. The lowest BCUT2D eigenvalue weighted by Crippen LogP contribution is -2.43. The monoisotopic (exact) mass is 429 g/mol. The zero-order valence-corrected chi connectivity index (χ0v) is 16.6. The maximum absolute atomic E-state index is 12.9. The lowest BCUT2D eigenvalue weighted by atomic mass is 9.92. The van der Waals surface area contributed by atoms with E-state index in [1.165, 1.54) is 0 Å². The highest BCUT2D eigenvalue weighted by atomic mass is 79.9. The van der Waals surface area contributed by atoms with Crippen molar-refractivity contribution in [3.05, 3.63) is 70.2 Å². The summed E-state index contributed by atoms with van der Waals surface area (Å²) in [5.74, 6) is -0.854. The van der Waals surface area contributed by atoms with Crippen LogP contribution in [0.15, 0.2) is 59.1 Å². The molecule has 1 fully saturated rings. The average Bonchev–Trinajstić information content (AvgIpc) is 2.86. The van der Waals surface area contributed by atoms with Crippen molar-refractivity contribution >= 4 is 33.8 Å². The van der Waals surface area contributed by atoms with Crippen LogP contribution in [0, 0.1) is 0 Å². The van der Waals surface area contributed by atoms with Gasteiger partial charge in [-0.3, -0.25) is 14.5 Å². The highest BCUT2D eigenvalue weighted by molar-refractivity contribution is 9.10. The molecule has 4 amide bonds. The Labute approximate surface area is 166 Å². The second kappa shape index (κ2) is 7.52. The number of urea groups is 1. The molecule has 0 bridgehead atoms. The molecule has 140 valence electrons. The summed E-state index contributed by atoms with van der Waals surface area (Å²) in [6.07, 6.45) is 0. The predicted molar refractivity (Wildman–Crippen MR) is 105 cm³/mol. The summed E-state index contributed by atoms with van der Waals surface area (Å²) in [4.78, 5) is 38.6. The molecule has 1 saturated heterocycles. The van der Waals surface area contributed by atoms with Crippen LogP contribution in [0.1, 0.15) is 31.0 Å². The van der Waals surface area contributed by atoms with Crippen LogP contribution in [0.2, 0.25) is 0 Å². The Morgan fingerprint density at radius 2 is 1.78 bits per heavy atom. The van der Waals surface area contributed by atoms with E-state index in [0.717, 1.165) is 10.5 Å². The normalized spacial score (nSPS) is 20.3. The third kappa shape index (κ3) is 3.73. The van der Waals surface area contributed by atoms with Crippen molar-refractivity contribution in [2.75, 3.05) is 6.54 Å². The molecule has 0 radical (unpaired) electrons. The maximum Gasteiger partial charge on any atom is 0.325 e. The Morgan fingerprint density at radius 3 is 2.44 bits per heavy atom. The van der Waals surface area contributed by atoms with Crippen molar-refractivity contribution < 1.29 is 14.4 Å². The third-order valence-electron chi connectivity index (χ3n) is 4.67. The van der Waals surface area contributed by atoms with Gasteiger partial charge in [-0.25, -0.2) is 4.79 Å². The van der Waals surface area contributed by atoms with Gasteiger partial charge in [0.15, 0.2) is 0 Å². The Hall–Kier alpha value is -2.67. The third-order valence-corrected chi connectivity index (χ3v) is 5.36. The zero-order valence-electron chi connectivity index (χ0n) is 15.0. The van der Waals surface area contributed by atoms with Gasteiger partial charge in [-0.15, -0.1) is 0 Å². The molecule has 2 aromatic carbocycles. The van der Waals surface area contributed by atoms with Gasteiger partial charge in [0, 0.05) is 10.0 Å². The van der Waals surface area contributed by atoms with Crippen LogP contribution in [-0.2, 0) is 15.1 Å². The van der Waals surface area contributed by atoms with Gasteiger partial charge in [0.2, 0.25) is 5.91 Å². The highest BCUT2D eigenvalue weighted by Gasteiger charge is 2.50. The first-order valence-electron chi connectivity index (χ1n) is 8.56. The quantitative estimate of drug-likeness (QED) is 0.716. The molecule has 1 aliphatic heterocycles. The summed E-state index contributed by atoms with van der Waals surface area (Å²) in [6, 6.07) is 15.9. The number of imide groups is 1. The van der Waals surface area contributed by atoms with E-state index in [0.29, 0.717) is 10.0 Å². The average molecular weight is 430 g/mol. The standard InChI is InChI=1S/C20H20BrN3O3/c1-13(14-8-4-3-5-9-14)22-17(25)12-24-18(26)20(2,23-19(24)27)15-10-6-7-11-16(15)21/h3-11,13H,12H2,1-2H3,(H,22,25)(H,23,27). The van der Waals surface area contributed by atoms with Gasteiger partial charge in [0.1, 0.15) is 12.1 Å². The molecule has 2 atom stereocenters. The van der Waals surface area contributed by atoms with Crippen LogP contribution in [0.4, 0.5) is 4.79 Å². The molecular weight excluding hydrogens is 410 g/mol. The van der Waals surface area contributed by atoms with Gasteiger partial charge in [-0.05, 0) is 25.5 Å². The molecule has 0 aromatic heterocycles. The Balaban J connectivity index is 1.72. The molecule has 27 heavy (non-hydrogen) atoms. The molecule has 2 N–H and O–H groups in total. The number of carbonyl (C=O) groups is 3. The Morgan fingerprint density at radius 1 is 1.15 bits per heavy atom. The number of hydrogen-bond acceptors (Lipinski definition) is 3. The van der Waals surface area contributed by atoms with Crippen LogP contribution in [0.25, 0.3) is 0 Å². The molecule has 0 aliphatic carbocycles. The van der Waals surface area contributed by atoms with E-state index in [1.54, 1.807) is 25.1 Å². The first kappa shape index (κ1) is 19.1. The number of amides is 4. The molecule has 0 saturated carbocycles. The summed E-state index contributed by atoms with van der Waals surface area (Å²) in [5.41, 5.74) is 0.368.